The second-order valence-corrected chi connectivity index (χ2v) is 9.49. The van der Waals surface area contributed by atoms with E-state index < -0.39 is 0 Å². The molecule has 0 saturated carbocycles. The summed E-state index contributed by atoms with van der Waals surface area (Å²) in [6, 6.07) is 26.2. The zero-order chi connectivity index (χ0) is 22.6. The molecule has 2 aliphatic heterocycles. The van der Waals surface area contributed by atoms with Crippen molar-refractivity contribution in [2.45, 2.75) is 12.6 Å². The van der Waals surface area contributed by atoms with Crippen molar-refractivity contribution in [3.05, 3.63) is 106 Å². The number of amides is 1. The monoisotopic (exact) mass is 464 g/mol. The maximum absolute atomic E-state index is 13.7. The predicted octanol–water partition coefficient (Wildman–Crippen LogP) is 6.37. The Morgan fingerprint density at radius 1 is 0.941 bits per heavy atom. The summed E-state index contributed by atoms with van der Waals surface area (Å²) in [6.07, 6.45) is 0. The molecule has 3 aromatic carbocycles. The average molecular weight is 465 g/mol. The second-order valence-electron chi connectivity index (χ2n) is 8.55. The van der Waals surface area contributed by atoms with Crippen LogP contribution in [0.4, 0.5) is 0 Å². The number of nitrogens with zero attached hydrogens (tertiary/aromatic N) is 1. The van der Waals surface area contributed by atoms with Crippen molar-refractivity contribution in [3.8, 4) is 22.1 Å². The Bertz CT molecular complexity index is 1550. The molecule has 7 rings (SSSR count). The third-order valence-electron chi connectivity index (χ3n) is 6.64. The molecule has 0 radical (unpaired) electrons. The lowest BCUT2D eigenvalue weighted by molar-refractivity contribution is 0.0737. The van der Waals surface area contributed by atoms with Gasteiger partial charge in [-0.15, -0.1) is 11.3 Å². The fourth-order valence-corrected chi connectivity index (χ4v) is 5.88. The molecule has 4 heterocycles. The van der Waals surface area contributed by atoms with Crippen LogP contribution in [0.25, 0.3) is 21.5 Å². The normalized spacial score (nSPS) is 16.4. The van der Waals surface area contributed by atoms with Gasteiger partial charge in [0.25, 0.3) is 5.91 Å². The number of fused-ring (bicyclic) bond motifs is 3. The van der Waals surface area contributed by atoms with Crippen LogP contribution in [0.1, 0.15) is 33.1 Å². The van der Waals surface area contributed by atoms with E-state index in [0.29, 0.717) is 6.54 Å². The molecule has 34 heavy (non-hydrogen) atoms. The number of hydrogen-bond acceptors (Lipinski definition) is 4. The first-order chi connectivity index (χ1) is 16.8. The first-order valence-electron chi connectivity index (χ1n) is 11.2. The van der Waals surface area contributed by atoms with Crippen LogP contribution in [0.3, 0.4) is 0 Å². The number of para-hydroxylation sites is 1. The van der Waals surface area contributed by atoms with E-state index in [1.807, 2.05) is 47.4 Å². The number of thiophene rings is 1. The maximum atomic E-state index is 13.7. The Morgan fingerprint density at radius 2 is 1.79 bits per heavy atom. The second kappa shape index (κ2) is 7.50. The summed E-state index contributed by atoms with van der Waals surface area (Å²) in [5.74, 6) is 1.51. The van der Waals surface area contributed by atoms with E-state index in [0.717, 1.165) is 55.2 Å². The van der Waals surface area contributed by atoms with Gasteiger partial charge < -0.3 is 19.4 Å². The van der Waals surface area contributed by atoms with E-state index in [-0.39, 0.29) is 18.7 Å². The van der Waals surface area contributed by atoms with Crippen molar-refractivity contribution in [3.63, 3.8) is 0 Å². The molecule has 0 bridgehead atoms. The largest absolute Gasteiger partial charge is 0.454 e. The summed E-state index contributed by atoms with van der Waals surface area (Å²) in [6.45, 7) is 0.702. The number of hydrogen-bond donors (Lipinski definition) is 1. The summed E-state index contributed by atoms with van der Waals surface area (Å²) in [7, 11) is 0. The van der Waals surface area contributed by atoms with Crippen molar-refractivity contribution in [1.82, 2.24) is 9.88 Å². The maximum Gasteiger partial charge on any atom is 0.255 e. The molecule has 1 amide bonds. The number of nitrogens with one attached hydrogen (secondary N) is 1. The topological polar surface area (TPSA) is 54.6 Å². The highest BCUT2D eigenvalue weighted by Gasteiger charge is 2.40. The molecule has 5 aromatic rings. The molecule has 0 aliphatic carbocycles. The third kappa shape index (κ3) is 2.89. The van der Waals surface area contributed by atoms with Gasteiger partial charge in [-0.3, -0.25) is 4.79 Å². The van der Waals surface area contributed by atoms with Gasteiger partial charge in [0, 0.05) is 28.6 Å². The van der Waals surface area contributed by atoms with Crippen molar-refractivity contribution in [1.29, 1.82) is 0 Å². The molecule has 1 atom stereocenters. The first-order valence-corrected chi connectivity index (χ1v) is 12.1. The summed E-state index contributed by atoms with van der Waals surface area (Å²) in [5, 5.41) is 3.22. The zero-order valence-electron chi connectivity index (χ0n) is 18.2. The van der Waals surface area contributed by atoms with E-state index in [1.54, 1.807) is 11.3 Å². The van der Waals surface area contributed by atoms with Crippen molar-refractivity contribution in [2.75, 3.05) is 6.79 Å². The highest BCUT2D eigenvalue weighted by atomic mass is 32.1. The molecular formula is C28H20N2O3S. The van der Waals surface area contributed by atoms with Crippen LogP contribution in [-0.4, -0.2) is 22.6 Å². The Kier molecular flexibility index (Phi) is 4.29. The van der Waals surface area contributed by atoms with Gasteiger partial charge in [-0.1, -0.05) is 48.5 Å². The number of aromatic nitrogens is 1. The predicted molar refractivity (Wildman–Crippen MR) is 132 cm³/mol. The minimum Gasteiger partial charge on any atom is -0.454 e. The van der Waals surface area contributed by atoms with E-state index in [4.69, 9.17) is 9.47 Å². The van der Waals surface area contributed by atoms with Crippen LogP contribution in [0.15, 0.2) is 84.2 Å². The van der Waals surface area contributed by atoms with Crippen molar-refractivity contribution < 1.29 is 14.3 Å². The van der Waals surface area contributed by atoms with Crippen LogP contribution < -0.4 is 9.47 Å². The Morgan fingerprint density at radius 3 is 2.71 bits per heavy atom. The number of aromatic amines is 1. The van der Waals surface area contributed by atoms with Crippen molar-refractivity contribution >= 4 is 28.1 Å². The smallest absolute Gasteiger partial charge is 0.255 e. The summed E-state index contributed by atoms with van der Waals surface area (Å²) in [5.41, 5.74) is 6.08. The Labute approximate surface area is 200 Å². The molecule has 1 N–H and O–H groups in total. The van der Waals surface area contributed by atoms with Gasteiger partial charge in [-0.25, -0.2) is 0 Å². The number of rotatable bonds is 4. The van der Waals surface area contributed by atoms with Gasteiger partial charge in [-0.2, -0.15) is 0 Å². The van der Waals surface area contributed by atoms with Gasteiger partial charge in [0.1, 0.15) is 0 Å². The van der Waals surface area contributed by atoms with Crippen molar-refractivity contribution in [2.24, 2.45) is 0 Å². The molecular weight excluding hydrogens is 444 g/mol. The van der Waals surface area contributed by atoms with E-state index >= 15 is 0 Å². The molecule has 2 aliphatic rings. The van der Waals surface area contributed by atoms with Gasteiger partial charge >= 0.3 is 0 Å². The minimum atomic E-state index is -0.206. The fraction of sp³-hybridized carbons (Fsp3) is 0.107. The molecule has 0 fully saturated rings. The number of H-pyrrole nitrogens is 1. The molecule has 5 nitrogen and oxygen atoms in total. The van der Waals surface area contributed by atoms with E-state index in [1.165, 1.54) is 0 Å². The first kappa shape index (κ1) is 19.4. The van der Waals surface area contributed by atoms with Crippen LogP contribution >= 0.6 is 11.3 Å². The van der Waals surface area contributed by atoms with Gasteiger partial charge in [0.05, 0.1) is 16.6 Å². The Balaban J connectivity index is 1.42. The number of ether oxygens (including phenoxy) is 2. The van der Waals surface area contributed by atoms with E-state index in [9.17, 15) is 4.79 Å². The van der Waals surface area contributed by atoms with Crippen LogP contribution in [0.5, 0.6) is 11.5 Å². The lowest BCUT2D eigenvalue weighted by atomic mass is 9.94. The lowest BCUT2D eigenvalue weighted by Gasteiger charge is -2.27. The summed E-state index contributed by atoms with van der Waals surface area (Å²) in [4.78, 5) is 20.5. The van der Waals surface area contributed by atoms with Crippen LogP contribution in [0.2, 0.25) is 0 Å². The van der Waals surface area contributed by atoms with Gasteiger partial charge in [-0.05, 0) is 46.8 Å². The Hall–Kier alpha value is -4.03. The van der Waals surface area contributed by atoms with E-state index in [2.05, 4.69) is 46.8 Å². The van der Waals surface area contributed by atoms with Gasteiger partial charge in [0.2, 0.25) is 6.79 Å². The standard InChI is InChI=1S/C28H20N2O3S/c31-28-19-7-2-1-6-18(19)27(30(28)15-17-11-12-22-23(14-17)33-16-32-22)25-20-8-3-4-9-21(20)29-26(25)24-10-5-13-34-24/h1-14,27,29H,15-16H2. The zero-order valence-corrected chi connectivity index (χ0v) is 19.0. The molecule has 166 valence electrons. The molecule has 0 saturated heterocycles. The highest BCUT2D eigenvalue weighted by Crippen LogP contribution is 2.47. The highest BCUT2D eigenvalue weighted by molar-refractivity contribution is 7.13. The summed E-state index contributed by atoms with van der Waals surface area (Å²) >= 11 is 1.70. The summed E-state index contributed by atoms with van der Waals surface area (Å²) < 4.78 is 11.1. The van der Waals surface area contributed by atoms with Gasteiger partial charge in [0.15, 0.2) is 11.5 Å². The number of benzene rings is 3. The third-order valence-corrected chi connectivity index (χ3v) is 7.52. The van der Waals surface area contributed by atoms with Crippen LogP contribution in [0, 0.1) is 0 Å². The SMILES string of the molecule is O=C1c2ccccc2C(c2c(-c3cccs3)[nH]c3ccccc23)N1Cc1ccc2c(c1)OCO2. The number of carbonyl (C=O) groups is 1. The molecule has 0 spiro atoms. The quantitative estimate of drug-likeness (QED) is 0.336. The number of carbonyl (C=O) groups excluding carboxylic acids is 1. The average Bonchev–Trinajstić information content (AvgIpc) is 3.65. The minimum absolute atomic E-state index is 0.0423. The molecule has 1 unspecified atom stereocenters. The molecule has 6 heteroatoms. The van der Waals surface area contributed by atoms with Crippen LogP contribution in [-0.2, 0) is 6.54 Å². The lowest BCUT2D eigenvalue weighted by Crippen LogP contribution is -2.28. The molecule has 2 aromatic heterocycles. The fourth-order valence-electron chi connectivity index (χ4n) is 5.14.